The first-order chi connectivity index (χ1) is 21.0. The minimum absolute atomic E-state index is 0.0985. The van der Waals surface area contributed by atoms with Crippen LogP contribution in [0.1, 0.15) is 70.4 Å². The third kappa shape index (κ3) is 6.15. The SMILES string of the molecule is CCOC(=O)[C@@H](OC(C)(C)C)c1c(C)cc2nc(-c3ccc4c(n3)c(Br)nn4C3CCCCO3)sc2c1-c1ccc(Cl)cc1. The molecule has 4 heterocycles. The second kappa shape index (κ2) is 12.5. The molecule has 1 saturated heterocycles. The van der Waals surface area contributed by atoms with E-state index in [-0.39, 0.29) is 12.8 Å². The van der Waals surface area contributed by atoms with Gasteiger partial charge in [-0.3, -0.25) is 0 Å². The summed E-state index contributed by atoms with van der Waals surface area (Å²) >= 11 is 11.4. The van der Waals surface area contributed by atoms with Crippen LogP contribution in [-0.4, -0.2) is 44.5 Å². The number of ether oxygens (including phenoxy) is 3. The molecule has 0 amide bonds. The molecule has 3 aromatic heterocycles. The smallest absolute Gasteiger partial charge is 0.339 e. The molecule has 0 bridgehead atoms. The minimum Gasteiger partial charge on any atom is -0.464 e. The van der Waals surface area contributed by atoms with E-state index in [1.807, 2.05) is 74.8 Å². The van der Waals surface area contributed by atoms with Crippen LogP contribution in [0, 0.1) is 6.92 Å². The Morgan fingerprint density at radius 1 is 1.18 bits per heavy atom. The minimum atomic E-state index is -0.936. The fraction of sp³-hybridized carbons (Fsp3) is 0.394. The number of aryl methyl sites for hydroxylation is 1. The number of esters is 1. The van der Waals surface area contributed by atoms with Crippen molar-refractivity contribution < 1.29 is 19.0 Å². The molecule has 0 aliphatic carbocycles. The molecule has 11 heteroatoms. The lowest BCUT2D eigenvalue weighted by Crippen LogP contribution is -2.29. The van der Waals surface area contributed by atoms with Crippen LogP contribution in [0.4, 0.5) is 0 Å². The first kappa shape index (κ1) is 31.1. The van der Waals surface area contributed by atoms with Gasteiger partial charge in [-0.15, -0.1) is 11.3 Å². The van der Waals surface area contributed by atoms with E-state index in [9.17, 15) is 4.79 Å². The van der Waals surface area contributed by atoms with E-state index < -0.39 is 17.7 Å². The van der Waals surface area contributed by atoms with Crippen molar-refractivity contribution in [1.29, 1.82) is 0 Å². The fourth-order valence-corrected chi connectivity index (χ4v) is 7.28. The lowest BCUT2D eigenvalue weighted by Gasteiger charge is -2.29. The van der Waals surface area contributed by atoms with Crippen molar-refractivity contribution in [3.8, 4) is 21.8 Å². The van der Waals surface area contributed by atoms with E-state index in [1.165, 1.54) is 11.3 Å². The topological polar surface area (TPSA) is 88.4 Å². The van der Waals surface area contributed by atoms with E-state index in [4.69, 9.17) is 40.9 Å². The summed E-state index contributed by atoms with van der Waals surface area (Å²) in [5.41, 5.74) is 6.00. The Kier molecular flexibility index (Phi) is 8.82. The number of nitrogens with zero attached hydrogens (tertiary/aromatic N) is 4. The van der Waals surface area contributed by atoms with Gasteiger partial charge in [0.05, 0.1) is 33.6 Å². The predicted octanol–water partition coefficient (Wildman–Crippen LogP) is 9.22. The van der Waals surface area contributed by atoms with Gasteiger partial charge >= 0.3 is 5.97 Å². The van der Waals surface area contributed by atoms with Crippen molar-refractivity contribution in [2.75, 3.05) is 13.2 Å². The zero-order valence-electron chi connectivity index (χ0n) is 25.3. The van der Waals surface area contributed by atoms with E-state index in [0.29, 0.717) is 9.63 Å². The summed E-state index contributed by atoms with van der Waals surface area (Å²) in [5, 5.41) is 6.10. The van der Waals surface area contributed by atoms with Crippen LogP contribution in [-0.2, 0) is 19.0 Å². The van der Waals surface area contributed by atoms with E-state index >= 15 is 0 Å². The molecule has 2 atom stereocenters. The molecule has 0 spiro atoms. The van der Waals surface area contributed by atoms with Gasteiger partial charge in [-0.05, 0) is 111 Å². The van der Waals surface area contributed by atoms with Crippen LogP contribution < -0.4 is 0 Å². The normalized spacial score (nSPS) is 16.5. The third-order valence-corrected chi connectivity index (χ3v) is 9.35. The molecule has 2 aromatic carbocycles. The molecule has 1 fully saturated rings. The lowest BCUT2D eigenvalue weighted by atomic mass is 9.91. The van der Waals surface area contributed by atoms with Gasteiger partial charge in [-0.2, -0.15) is 5.10 Å². The summed E-state index contributed by atoms with van der Waals surface area (Å²) < 4.78 is 21.4. The number of thiazole rings is 1. The zero-order chi connectivity index (χ0) is 31.2. The summed E-state index contributed by atoms with van der Waals surface area (Å²) in [6.45, 7) is 10.6. The molecule has 0 N–H and O–H groups in total. The average Bonchev–Trinajstić information content (AvgIpc) is 3.56. The monoisotopic (exact) mass is 696 g/mol. The Labute approximate surface area is 273 Å². The maximum atomic E-state index is 13.4. The summed E-state index contributed by atoms with van der Waals surface area (Å²) in [6, 6.07) is 13.6. The maximum Gasteiger partial charge on any atom is 0.339 e. The fourth-order valence-electron chi connectivity index (χ4n) is 5.60. The molecule has 0 saturated carbocycles. The summed E-state index contributed by atoms with van der Waals surface area (Å²) in [6.07, 6.45) is 2.06. The Hall–Kier alpha value is -2.89. The van der Waals surface area contributed by atoms with Crippen LogP contribution in [0.15, 0.2) is 47.1 Å². The molecule has 0 radical (unpaired) electrons. The molecular weight excluding hydrogens is 664 g/mol. The quantitative estimate of drug-likeness (QED) is 0.157. The van der Waals surface area contributed by atoms with Crippen molar-refractivity contribution in [2.24, 2.45) is 0 Å². The number of carbonyl (C=O) groups excluding carboxylic acids is 1. The number of carbonyl (C=O) groups is 1. The van der Waals surface area contributed by atoms with Crippen LogP contribution in [0.25, 0.3) is 43.1 Å². The van der Waals surface area contributed by atoms with E-state index in [2.05, 4.69) is 15.9 Å². The lowest BCUT2D eigenvalue weighted by molar-refractivity contribution is -0.166. The third-order valence-electron chi connectivity index (χ3n) is 7.45. The van der Waals surface area contributed by atoms with Crippen molar-refractivity contribution >= 4 is 66.1 Å². The Morgan fingerprint density at radius 2 is 1.95 bits per heavy atom. The van der Waals surface area contributed by atoms with Gasteiger partial charge in [-0.1, -0.05) is 23.7 Å². The predicted molar refractivity (Wildman–Crippen MR) is 178 cm³/mol. The van der Waals surface area contributed by atoms with Crippen LogP contribution in [0.5, 0.6) is 0 Å². The van der Waals surface area contributed by atoms with Crippen molar-refractivity contribution in [2.45, 2.75) is 71.8 Å². The van der Waals surface area contributed by atoms with E-state index in [0.717, 1.165) is 80.1 Å². The molecule has 8 nitrogen and oxygen atoms in total. The number of hydrogen-bond acceptors (Lipinski definition) is 8. The number of fused-ring (bicyclic) bond motifs is 2. The van der Waals surface area contributed by atoms with Gasteiger partial charge in [0.2, 0.25) is 0 Å². The van der Waals surface area contributed by atoms with Gasteiger partial charge in [0, 0.05) is 22.8 Å². The van der Waals surface area contributed by atoms with Crippen LogP contribution >= 0.6 is 38.9 Å². The van der Waals surface area contributed by atoms with Gasteiger partial charge in [0.15, 0.2) is 16.9 Å². The van der Waals surface area contributed by atoms with Gasteiger partial charge < -0.3 is 14.2 Å². The Morgan fingerprint density at radius 3 is 2.64 bits per heavy atom. The molecule has 1 aliphatic heterocycles. The van der Waals surface area contributed by atoms with Crippen molar-refractivity contribution in [3.05, 3.63) is 63.2 Å². The molecule has 230 valence electrons. The van der Waals surface area contributed by atoms with Gasteiger partial charge in [0.25, 0.3) is 0 Å². The highest BCUT2D eigenvalue weighted by atomic mass is 79.9. The Balaban J connectivity index is 1.53. The second-order valence-corrected chi connectivity index (χ2v) is 14.0. The maximum absolute atomic E-state index is 13.4. The molecule has 1 aliphatic rings. The first-order valence-electron chi connectivity index (χ1n) is 14.7. The van der Waals surface area contributed by atoms with Crippen LogP contribution in [0.3, 0.4) is 0 Å². The largest absolute Gasteiger partial charge is 0.464 e. The molecular formula is C33H34BrClN4O4S. The molecule has 6 rings (SSSR count). The highest BCUT2D eigenvalue weighted by Crippen LogP contribution is 2.45. The summed E-state index contributed by atoms with van der Waals surface area (Å²) in [4.78, 5) is 23.5. The number of benzene rings is 2. The van der Waals surface area contributed by atoms with Gasteiger partial charge in [0.1, 0.15) is 10.5 Å². The highest BCUT2D eigenvalue weighted by molar-refractivity contribution is 9.10. The number of rotatable bonds is 7. The number of halogens is 2. The average molecular weight is 698 g/mol. The first-order valence-corrected chi connectivity index (χ1v) is 16.7. The van der Waals surface area contributed by atoms with Gasteiger partial charge in [-0.25, -0.2) is 19.4 Å². The second-order valence-electron chi connectivity index (χ2n) is 11.8. The Bertz CT molecular complexity index is 1840. The molecule has 1 unspecified atom stereocenters. The number of aromatic nitrogens is 4. The van der Waals surface area contributed by atoms with Crippen LogP contribution in [0.2, 0.25) is 5.02 Å². The molecule has 5 aromatic rings. The number of hydrogen-bond donors (Lipinski definition) is 0. The summed E-state index contributed by atoms with van der Waals surface area (Å²) in [7, 11) is 0. The summed E-state index contributed by atoms with van der Waals surface area (Å²) in [5.74, 6) is -0.430. The highest BCUT2D eigenvalue weighted by Gasteiger charge is 2.33. The molecule has 44 heavy (non-hydrogen) atoms. The van der Waals surface area contributed by atoms with E-state index in [1.54, 1.807) is 6.92 Å². The number of pyridine rings is 1. The van der Waals surface area contributed by atoms with Crippen molar-refractivity contribution in [3.63, 3.8) is 0 Å². The zero-order valence-corrected chi connectivity index (χ0v) is 28.5. The van der Waals surface area contributed by atoms with Crippen molar-refractivity contribution in [1.82, 2.24) is 19.7 Å². The standard InChI is InChI=1S/C33H34BrClN4O4S/c1-6-41-32(40)28(43-33(3,4)5)25-18(2)17-22-29(26(25)19-10-12-20(35)13-11-19)44-31(37-22)21-14-15-23-27(36-21)30(34)38-39(23)24-9-7-8-16-42-24/h10-15,17,24,28H,6-9,16H2,1-5H3/t24?,28-/m0/s1.